The number of nitrogens with one attached hydrogen (secondary N) is 2. The smallest absolute Gasteiger partial charge is 0.191 e. The van der Waals surface area contributed by atoms with Crippen LogP contribution in [0, 0.1) is 0 Å². The molecule has 0 saturated heterocycles. The van der Waals surface area contributed by atoms with Crippen LogP contribution in [0.5, 0.6) is 17.2 Å². The fourth-order valence-electron chi connectivity index (χ4n) is 2.70. The molecule has 6 nitrogen and oxygen atoms in total. The van der Waals surface area contributed by atoms with Crippen LogP contribution in [0.15, 0.2) is 60.1 Å². The van der Waals surface area contributed by atoms with Crippen molar-refractivity contribution < 1.29 is 14.2 Å². The lowest BCUT2D eigenvalue weighted by Crippen LogP contribution is -2.36. The number of benzene rings is 2. The van der Waals surface area contributed by atoms with Gasteiger partial charge < -0.3 is 24.8 Å². The van der Waals surface area contributed by atoms with Gasteiger partial charge in [-0.25, -0.2) is 4.99 Å². The molecule has 0 amide bonds. The van der Waals surface area contributed by atoms with Crippen LogP contribution in [0.2, 0.25) is 0 Å². The minimum absolute atomic E-state index is 0. The van der Waals surface area contributed by atoms with E-state index in [2.05, 4.69) is 22.2 Å². The van der Waals surface area contributed by atoms with E-state index in [0.29, 0.717) is 37.2 Å². The normalized spacial score (nSPS) is 10.5. The van der Waals surface area contributed by atoms with E-state index >= 15 is 0 Å². The molecule has 29 heavy (non-hydrogen) atoms. The number of nitrogens with zero attached hydrogens (tertiary/aromatic N) is 1. The number of hydrogen-bond acceptors (Lipinski definition) is 4. The van der Waals surface area contributed by atoms with Gasteiger partial charge >= 0.3 is 0 Å². The third-order valence-corrected chi connectivity index (χ3v) is 4.01. The Morgan fingerprint density at radius 2 is 1.72 bits per heavy atom. The summed E-state index contributed by atoms with van der Waals surface area (Å²) < 4.78 is 16.6. The molecule has 0 heterocycles. The molecule has 0 aliphatic heterocycles. The SMILES string of the molecule is C=CCOc1ccccc1CNC(=NCc1cccc(OC)c1OC)NCC.I. The van der Waals surface area contributed by atoms with Crippen molar-refractivity contribution in [2.24, 2.45) is 4.99 Å². The van der Waals surface area contributed by atoms with Crippen LogP contribution in [0.4, 0.5) is 0 Å². The van der Waals surface area contributed by atoms with Gasteiger partial charge in [0.2, 0.25) is 0 Å². The summed E-state index contributed by atoms with van der Waals surface area (Å²) in [5.74, 6) is 2.94. The highest BCUT2D eigenvalue weighted by atomic mass is 127. The van der Waals surface area contributed by atoms with Crippen LogP contribution >= 0.6 is 24.0 Å². The molecule has 0 saturated carbocycles. The van der Waals surface area contributed by atoms with Gasteiger partial charge in [-0.2, -0.15) is 0 Å². The summed E-state index contributed by atoms with van der Waals surface area (Å²) in [7, 11) is 3.26. The van der Waals surface area contributed by atoms with E-state index in [1.54, 1.807) is 20.3 Å². The van der Waals surface area contributed by atoms with Gasteiger partial charge in [0, 0.05) is 24.2 Å². The third-order valence-electron chi connectivity index (χ3n) is 4.01. The Balaban J connectivity index is 0.00000420. The van der Waals surface area contributed by atoms with Gasteiger partial charge in [0.05, 0.1) is 20.8 Å². The van der Waals surface area contributed by atoms with Crippen LogP contribution in [0.3, 0.4) is 0 Å². The Hall–Kier alpha value is -2.42. The molecule has 0 bridgehead atoms. The summed E-state index contributed by atoms with van der Waals surface area (Å²) in [4.78, 5) is 4.68. The maximum atomic E-state index is 5.71. The van der Waals surface area contributed by atoms with Gasteiger partial charge in [-0.3, -0.25) is 0 Å². The van der Waals surface area contributed by atoms with Crippen LogP contribution in [0.1, 0.15) is 18.1 Å². The Morgan fingerprint density at radius 3 is 2.41 bits per heavy atom. The molecule has 0 fully saturated rings. The number of guanidine groups is 1. The van der Waals surface area contributed by atoms with Gasteiger partial charge in [0.15, 0.2) is 17.5 Å². The number of hydrogen-bond donors (Lipinski definition) is 2. The number of aliphatic imine (C=N–C) groups is 1. The zero-order valence-electron chi connectivity index (χ0n) is 17.2. The molecule has 0 aliphatic carbocycles. The van der Waals surface area contributed by atoms with Gasteiger partial charge in [0.25, 0.3) is 0 Å². The van der Waals surface area contributed by atoms with E-state index < -0.39 is 0 Å². The maximum Gasteiger partial charge on any atom is 0.191 e. The van der Waals surface area contributed by atoms with Crippen molar-refractivity contribution in [3.63, 3.8) is 0 Å². The highest BCUT2D eigenvalue weighted by Crippen LogP contribution is 2.31. The standard InChI is InChI=1S/C22H29N3O3.HI/c1-5-14-28-19-12-8-7-10-17(19)15-24-22(23-6-2)25-16-18-11-9-13-20(26-3)21(18)27-4;/h5,7-13H,1,6,14-16H2,2-4H3,(H2,23,24,25);1H. The van der Waals surface area contributed by atoms with Crippen LogP contribution in [-0.2, 0) is 13.1 Å². The van der Waals surface area contributed by atoms with Crippen molar-refractivity contribution in [2.75, 3.05) is 27.4 Å². The molecular formula is C22H30IN3O3. The van der Waals surface area contributed by atoms with Gasteiger partial charge in [0.1, 0.15) is 12.4 Å². The molecule has 0 aliphatic rings. The first-order chi connectivity index (χ1) is 13.7. The molecule has 2 N–H and O–H groups in total. The second kappa shape index (κ2) is 13.7. The van der Waals surface area contributed by atoms with E-state index in [1.165, 1.54) is 0 Å². The molecule has 0 radical (unpaired) electrons. The van der Waals surface area contributed by atoms with E-state index in [0.717, 1.165) is 23.4 Å². The van der Waals surface area contributed by atoms with Crippen molar-refractivity contribution in [2.45, 2.75) is 20.0 Å². The molecular weight excluding hydrogens is 481 g/mol. The number of methoxy groups -OCH3 is 2. The van der Waals surface area contributed by atoms with Crippen molar-refractivity contribution >= 4 is 29.9 Å². The van der Waals surface area contributed by atoms with Crippen molar-refractivity contribution in [3.05, 3.63) is 66.2 Å². The fraction of sp³-hybridized carbons (Fsp3) is 0.318. The van der Waals surface area contributed by atoms with Crippen molar-refractivity contribution in [1.29, 1.82) is 0 Å². The highest BCUT2D eigenvalue weighted by Gasteiger charge is 2.09. The molecule has 0 unspecified atom stereocenters. The average Bonchev–Trinajstić information content (AvgIpc) is 2.74. The lowest BCUT2D eigenvalue weighted by atomic mass is 10.2. The van der Waals surface area contributed by atoms with Gasteiger partial charge in [-0.05, 0) is 19.1 Å². The summed E-state index contributed by atoms with van der Waals surface area (Å²) in [5.41, 5.74) is 2.00. The zero-order chi connectivity index (χ0) is 20.2. The Bertz CT molecular complexity index is 797. The molecule has 2 aromatic rings. The Morgan fingerprint density at radius 1 is 1.00 bits per heavy atom. The van der Waals surface area contributed by atoms with Crippen LogP contribution in [0.25, 0.3) is 0 Å². The zero-order valence-corrected chi connectivity index (χ0v) is 19.6. The second-order valence-electron chi connectivity index (χ2n) is 5.91. The largest absolute Gasteiger partial charge is 0.493 e. The summed E-state index contributed by atoms with van der Waals surface area (Å²) in [5, 5.41) is 6.61. The molecule has 158 valence electrons. The quantitative estimate of drug-likeness (QED) is 0.217. The minimum atomic E-state index is 0. The van der Waals surface area contributed by atoms with E-state index in [1.807, 2.05) is 49.4 Å². The van der Waals surface area contributed by atoms with Crippen LogP contribution < -0.4 is 24.8 Å². The fourth-order valence-corrected chi connectivity index (χ4v) is 2.70. The molecule has 2 rings (SSSR count). The van der Waals surface area contributed by atoms with Gasteiger partial charge in [-0.1, -0.05) is 43.0 Å². The molecule has 0 atom stereocenters. The van der Waals surface area contributed by atoms with Gasteiger partial charge in [-0.15, -0.1) is 24.0 Å². The minimum Gasteiger partial charge on any atom is -0.493 e. The topological polar surface area (TPSA) is 64.1 Å². The first kappa shape index (κ1) is 24.6. The van der Waals surface area contributed by atoms with Crippen molar-refractivity contribution in [3.8, 4) is 17.2 Å². The summed E-state index contributed by atoms with van der Waals surface area (Å²) in [6.45, 7) is 8.01. The second-order valence-corrected chi connectivity index (χ2v) is 5.91. The van der Waals surface area contributed by atoms with E-state index in [9.17, 15) is 0 Å². The lowest BCUT2D eigenvalue weighted by molar-refractivity contribution is 0.352. The predicted molar refractivity (Wildman–Crippen MR) is 129 cm³/mol. The first-order valence-electron chi connectivity index (χ1n) is 9.27. The highest BCUT2D eigenvalue weighted by molar-refractivity contribution is 14.0. The molecule has 0 spiro atoms. The number of para-hydroxylation sites is 2. The lowest BCUT2D eigenvalue weighted by Gasteiger charge is -2.15. The molecule has 7 heteroatoms. The Kier molecular flexibility index (Phi) is 11.6. The average molecular weight is 511 g/mol. The third kappa shape index (κ3) is 7.49. The number of halogens is 1. The van der Waals surface area contributed by atoms with Crippen molar-refractivity contribution in [1.82, 2.24) is 10.6 Å². The summed E-state index contributed by atoms with van der Waals surface area (Å²) in [6.07, 6.45) is 1.73. The predicted octanol–water partition coefficient (Wildman–Crippen LogP) is 4.14. The first-order valence-corrected chi connectivity index (χ1v) is 9.27. The molecule has 2 aromatic carbocycles. The van der Waals surface area contributed by atoms with Crippen LogP contribution in [-0.4, -0.2) is 33.3 Å². The molecule has 0 aromatic heterocycles. The monoisotopic (exact) mass is 511 g/mol. The number of rotatable bonds is 10. The number of ether oxygens (including phenoxy) is 3. The Labute approximate surface area is 190 Å². The van der Waals surface area contributed by atoms with E-state index in [4.69, 9.17) is 14.2 Å². The summed E-state index contributed by atoms with van der Waals surface area (Å²) in [6, 6.07) is 13.7. The summed E-state index contributed by atoms with van der Waals surface area (Å²) >= 11 is 0. The maximum absolute atomic E-state index is 5.71. The van der Waals surface area contributed by atoms with E-state index in [-0.39, 0.29) is 24.0 Å².